The molecule has 5 heteroatoms. The first-order chi connectivity index (χ1) is 9.49. The highest BCUT2D eigenvalue weighted by Gasteiger charge is 2.29. The molecule has 0 aromatic heterocycles. The summed E-state index contributed by atoms with van der Waals surface area (Å²) in [5, 5.41) is 8.87. The Morgan fingerprint density at radius 3 is 2.80 bits per heavy atom. The van der Waals surface area contributed by atoms with Crippen LogP contribution in [0, 0.1) is 24.2 Å². The first-order valence-corrected chi connectivity index (χ1v) is 7.18. The minimum Gasteiger partial charge on any atom is -0.481 e. The SMILES string of the molecule is C#CCN(CC)C(=O)N1CCCC(C(C)CC(=O)O)C1. The molecule has 112 valence electrons. The first kappa shape index (κ1) is 16.4. The predicted molar refractivity (Wildman–Crippen MR) is 77.2 cm³/mol. The smallest absolute Gasteiger partial charge is 0.320 e. The molecule has 1 aliphatic rings. The van der Waals surface area contributed by atoms with E-state index < -0.39 is 5.97 Å². The molecule has 0 bridgehead atoms. The number of urea groups is 1. The van der Waals surface area contributed by atoms with Gasteiger partial charge in [0.25, 0.3) is 0 Å². The van der Waals surface area contributed by atoms with Crippen LogP contribution in [0.2, 0.25) is 0 Å². The van der Waals surface area contributed by atoms with Gasteiger partial charge in [-0.2, -0.15) is 0 Å². The lowest BCUT2D eigenvalue weighted by molar-refractivity contribution is -0.138. The van der Waals surface area contributed by atoms with Crippen LogP contribution in [0.15, 0.2) is 0 Å². The molecule has 2 amide bonds. The molecule has 0 saturated carbocycles. The second-order valence-corrected chi connectivity index (χ2v) is 5.42. The van der Waals surface area contributed by atoms with Gasteiger partial charge in [0.05, 0.1) is 6.54 Å². The summed E-state index contributed by atoms with van der Waals surface area (Å²) < 4.78 is 0. The lowest BCUT2D eigenvalue weighted by atomic mass is 9.85. The Labute approximate surface area is 120 Å². The molecule has 2 unspecified atom stereocenters. The number of carbonyl (C=O) groups excluding carboxylic acids is 1. The fraction of sp³-hybridized carbons (Fsp3) is 0.733. The van der Waals surface area contributed by atoms with Gasteiger partial charge in [0, 0.05) is 26.1 Å². The molecule has 1 rings (SSSR count). The number of rotatable bonds is 5. The summed E-state index contributed by atoms with van der Waals surface area (Å²) in [6.45, 7) is 6.14. The number of carboxylic acid groups (broad SMARTS) is 1. The number of aliphatic carboxylic acids is 1. The van der Waals surface area contributed by atoms with Crippen LogP contribution in [0.25, 0.3) is 0 Å². The fourth-order valence-corrected chi connectivity index (χ4v) is 2.72. The Bertz CT molecular complexity index is 389. The number of carbonyl (C=O) groups is 2. The molecule has 0 spiro atoms. The molecule has 5 nitrogen and oxygen atoms in total. The van der Waals surface area contributed by atoms with E-state index in [4.69, 9.17) is 11.5 Å². The molecule has 1 aliphatic heterocycles. The summed E-state index contributed by atoms with van der Waals surface area (Å²) in [4.78, 5) is 26.6. The molecule has 0 aromatic rings. The van der Waals surface area contributed by atoms with Crippen molar-refractivity contribution in [3.8, 4) is 12.3 Å². The third-order valence-electron chi connectivity index (χ3n) is 3.96. The van der Waals surface area contributed by atoms with Crippen molar-refractivity contribution in [1.82, 2.24) is 9.80 Å². The van der Waals surface area contributed by atoms with E-state index in [0.29, 0.717) is 19.6 Å². The predicted octanol–water partition coefficient (Wildman–Crippen LogP) is 1.88. The van der Waals surface area contributed by atoms with Crippen molar-refractivity contribution in [3.63, 3.8) is 0 Å². The van der Waals surface area contributed by atoms with Crippen molar-refractivity contribution in [2.45, 2.75) is 33.1 Å². The van der Waals surface area contributed by atoms with E-state index >= 15 is 0 Å². The van der Waals surface area contributed by atoms with Gasteiger partial charge < -0.3 is 14.9 Å². The van der Waals surface area contributed by atoms with E-state index in [1.165, 1.54) is 0 Å². The summed E-state index contributed by atoms with van der Waals surface area (Å²) in [6.07, 6.45) is 7.35. The van der Waals surface area contributed by atoms with E-state index in [-0.39, 0.29) is 24.3 Å². The molecular weight excluding hydrogens is 256 g/mol. The van der Waals surface area contributed by atoms with Gasteiger partial charge in [-0.15, -0.1) is 6.42 Å². The Kier molecular flexibility index (Phi) is 6.37. The third-order valence-corrected chi connectivity index (χ3v) is 3.96. The molecule has 1 saturated heterocycles. The monoisotopic (exact) mass is 280 g/mol. The second-order valence-electron chi connectivity index (χ2n) is 5.42. The average Bonchev–Trinajstić information content (AvgIpc) is 2.43. The van der Waals surface area contributed by atoms with Gasteiger partial charge in [-0.25, -0.2) is 4.79 Å². The van der Waals surface area contributed by atoms with Crippen molar-refractivity contribution < 1.29 is 14.7 Å². The van der Waals surface area contributed by atoms with Gasteiger partial charge in [-0.1, -0.05) is 12.8 Å². The Hall–Kier alpha value is -1.70. The number of amides is 2. The summed E-state index contributed by atoms with van der Waals surface area (Å²) in [5.41, 5.74) is 0. The number of hydrogen-bond acceptors (Lipinski definition) is 2. The van der Waals surface area contributed by atoms with E-state index in [1.54, 1.807) is 4.90 Å². The summed E-state index contributed by atoms with van der Waals surface area (Å²) in [7, 11) is 0. The van der Waals surface area contributed by atoms with Crippen LogP contribution < -0.4 is 0 Å². The molecule has 1 fully saturated rings. The number of carboxylic acids is 1. The molecule has 1 heterocycles. The Morgan fingerprint density at radius 1 is 1.55 bits per heavy atom. The summed E-state index contributed by atoms with van der Waals surface area (Å²) in [6, 6.07) is -0.0299. The quantitative estimate of drug-likeness (QED) is 0.782. The second kappa shape index (κ2) is 7.78. The minimum atomic E-state index is -0.775. The highest BCUT2D eigenvalue weighted by Crippen LogP contribution is 2.26. The van der Waals surface area contributed by atoms with Crippen LogP contribution in [-0.4, -0.2) is 53.1 Å². The zero-order valence-corrected chi connectivity index (χ0v) is 12.3. The minimum absolute atomic E-state index is 0.0299. The van der Waals surface area contributed by atoms with E-state index in [2.05, 4.69) is 5.92 Å². The summed E-state index contributed by atoms with van der Waals surface area (Å²) >= 11 is 0. The largest absolute Gasteiger partial charge is 0.481 e. The Balaban J connectivity index is 2.62. The average molecular weight is 280 g/mol. The van der Waals surface area contributed by atoms with Crippen LogP contribution in [0.4, 0.5) is 4.79 Å². The molecule has 20 heavy (non-hydrogen) atoms. The van der Waals surface area contributed by atoms with Gasteiger partial charge in [-0.05, 0) is 31.6 Å². The van der Waals surface area contributed by atoms with Crippen LogP contribution in [-0.2, 0) is 4.79 Å². The molecule has 0 radical (unpaired) electrons. The highest BCUT2D eigenvalue weighted by molar-refractivity contribution is 5.75. The lowest BCUT2D eigenvalue weighted by Gasteiger charge is -2.37. The number of hydrogen-bond donors (Lipinski definition) is 1. The van der Waals surface area contributed by atoms with Crippen molar-refractivity contribution in [2.75, 3.05) is 26.2 Å². The van der Waals surface area contributed by atoms with Gasteiger partial charge in [0.2, 0.25) is 0 Å². The maximum absolute atomic E-state index is 12.3. The molecule has 0 aromatic carbocycles. The molecule has 0 aliphatic carbocycles. The van der Waals surface area contributed by atoms with E-state index in [0.717, 1.165) is 19.4 Å². The van der Waals surface area contributed by atoms with Crippen molar-refractivity contribution >= 4 is 12.0 Å². The maximum Gasteiger partial charge on any atom is 0.320 e. The zero-order valence-electron chi connectivity index (χ0n) is 12.3. The van der Waals surface area contributed by atoms with Gasteiger partial charge in [0.15, 0.2) is 0 Å². The van der Waals surface area contributed by atoms with E-state index in [1.807, 2.05) is 18.7 Å². The third kappa shape index (κ3) is 4.44. The Morgan fingerprint density at radius 2 is 2.25 bits per heavy atom. The standard InChI is InChI=1S/C15H24N2O3/c1-4-8-16(5-2)15(20)17-9-6-7-13(11-17)12(3)10-14(18)19/h1,12-13H,5-11H2,2-3H3,(H,18,19). The fourth-order valence-electron chi connectivity index (χ4n) is 2.72. The molecular formula is C15H24N2O3. The summed E-state index contributed by atoms with van der Waals surface area (Å²) in [5.74, 6) is 2.07. The highest BCUT2D eigenvalue weighted by atomic mass is 16.4. The normalized spacial score (nSPS) is 20.1. The number of nitrogens with zero attached hydrogens (tertiary/aromatic N) is 2. The van der Waals surface area contributed by atoms with Gasteiger partial charge >= 0.3 is 12.0 Å². The van der Waals surface area contributed by atoms with Gasteiger partial charge in [-0.3, -0.25) is 4.79 Å². The lowest BCUT2D eigenvalue weighted by Crippen LogP contribution is -2.48. The molecule has 2 atom stereocenters. The van der Waals surface area contributed by atoms with E-state index in [9.17, 15) is 9.59 Å². The molecule has 1 N–H and O–H groups in total. The number of likely N-dealkylation sites (tertiary alicyclic amines) is 1. The maximum atomic E-state index is 12.3. The zero-order chi connectivity index (χ0) is 15.1. The number of terminal acetylenes is 1. The van der Waals surface area contributed by atoms with Crippen LogP contribution in [0.3, 0.4) is 0 Å². The van der Waals surface area contributed by atoms with Crippen molar-refractivity contribution in [1.29, 1.82) is 0 Å². The van der Waals surface area contributed by atoms with Crippen LogP contribution >= 0.6 is 0 Å². The van der Waals surface area contributed by atoms with Crippen molar-refractivity contribution in [3.05, 3.63) is 0 Å². The number of piperidine rings is 1. The van der Waals surface area contributed by atoms with Crippen LogP contribution in [0.1, 0.15) is 33.1 Å². The van der Waals surface area contributed by atoms with Gasteiger partial charge in [0.1, 0.15) is 0 Å². The van der Waals surface area contributed by atoms with Crippen molar-refractivity contribution in [2.24, 2.45) is 11.8 Å². The topological polar surface area (TPSA) is 60.9 Å². The first-order valence-electron chi connectivity index (χ1n) is 7.18. The van der Waals surface area contributed by atoms with Crippen LogP contribution in [0.5, 0.6) is 0 Å².